The third-order valence-corrected chi connectivity index (χ3v) is 5.96. The van der Waals surface area contributed by atoms with Gasteiger partial charge in [0.15, 0.2) is 0 Å². The van der Waals surface area contributed by atoms with E-state index in [-0.39, 0.29) is 25.1 Å². The van der Waals surface area contributed by atoms with Gasteiger partial charge in [0.05, 0.1) is 18.6 Å². The second-order valence-corrected chi connectivity index (χ2v) is 8.35. The van der Waals surface area contributed by atoms with Crippen molar-refractivity contribution in [1.82, 2.24) is 10.2 Å². The van der Waals surface area contributed by atoms with E-state index in [4.69, 9.17) is 9.84 Å². The second-order valence-electron chi connectivity index (χ2n) is 8.35. The van der Waals surface area contributed by atoms with Crippen LogP contribution in [0, 0.1) is 0 Å². The van der Waals surface area contributed by atoms with Crippen molar-refractivity contribution in [2.75, 3.05) is 19.7 Å². The molecule has 0 bridgehead atoms. The topological polar surface area (TPSA) is 99.1 Å². The van der Waals surface area contributed by atoms with E-state index in [9.17, 15) is 27.9 Å². The lowest BCUT2D eigenvalue weighted by Crippen LogP contribution is -2.57. The highest BCUT2D eigenvalue weighted by molar-refractivity contribution is 5.96. The summed E-state index contributed by atoms with van der Waals surface area (Å²) in [4.78, 5) is 26.4. The molecule has 0 fully saturated rings. The number of nitrogens with zero attached hydrogens (tertiary/aromatic N) is 1. The van der Waals surface area contributed by atoms with Crippen molar-refractivity contribution in [1.29, 1.82) is 0 Å². The third kappa shape index (κ3) is 5.79. The quantitative estimate of drug-likeness (QED) is 0.352. The molecule has 7 nitrogen and oxygen atoms in total. The molecule has 1 aliphatic carbocycles. The highest BCUT2D eigenvalue weighted by atomic mass is 19.4. The zero-order chi connectivity index (χ0) is 24.9. The number of allylic oxidation sites excluding steroid dienone is 1. The van der Waals surface area contributed by atoms with Crippen molar-refractivity contribution in [3.8, 4) is 5.75 Å². The molecular formula is C24H29F3N2O5. The number of aliphatic hydroxyl groups is 2. The number of hydrogen-bond donors (Lipinski definition) is 3. The van der Waals surface area contributed by atoms with Gasteiger partial charge in [-0.1, -0.05) is 24.3 Å². The molecule has 3 rings (SSSR count). The maximum absolute atomic E-state index is 13.4. The van der Waals surface area contributed by atoms with E-state index in [0.29, 0.717) is 35.5 Å². The summed E-state index contributed by atoms with van der Waals surface area (Å²) in [5.41, 5.74) is 0.707. The molecule has 0 saturated carbocycles. The summed E-state index contributed by atoms with van der Waals surface area (Å²) in [5, 5.41) is 22.7. The summed E-state index contributed by atoms with van der Waals surface area (Å²) in [5.74, 6) is -1.69. The molecule has 2 amide bonds. The van der Waals surface area contributed by atoms with Gasteiger partial charge in [-0.05, 0) is 31.4 Å². The number of alkyl halides is 3. The van der Waals surface area contributed by atoms with Gasteiger partial charge >= 0.3 is 6.18 Å². The average Bonchev–Trinajstić information content (AvgIpc) is 3.19. The Morgan fingerprint density at radius 3 is 2.65 bits per heavy atom. The summed E-state index contributed by atoms with van der Waals surface area (Å²) in [6, 6.07) is 5.39. The Balaban J connectivity index is 1.98. The number of rotatable bonds is 10. The Kier molecular flexibility index (Phi) is 8.37. The van der Waals surface area contributed by atoms with Gasteiger partial charge in [-0.25, -0.2) is 0 Å². The average molecular weight is 482 g/mol. The van der Waals surface area contributed by atoms with E-state index in [1.807, 2.05) is 0 Å². The van der Waals surface area contributed by atoms with Crippen LogP contribution in [0.3, 0.4) is 0 Å². The number of fused-ring (bicyclic) bond motifs is 3. The maximum atomic E-state index is 13.4. The van der Waals surface area contributed by atoms with Crippen LogP contribution < -0.4 is 10.1 Å². The first kappa shape index (κ1) is 25.8. The van der Waals surface area contributed by atoms with Crippen LogP contribution in [-0.2, 0) is 9.59 Å². The maximum Gasteiger partial charge on any atom is 0.406 e. The lowest BCUT2D eigenvalue weighted by atomic mass is 9.77. The number of benzene rings is 1. The molecule has 4 unspecified atom stereocenters. The van der Waals surface area contributed by atoms with E-state index < -0.39 is 48.7 Å². The summed E-state index contributed by atoms with van der Waals surface area (Å²) in [6.45, 7) is 1.64. The Hall–Kier alpha value is -2.85. The zero-order valence-corrected chi connectivity index (χ0v) is 18.6. The van der Waals surface area contributed by atoms with Gasteiger partial charge < -0.3 is 25.2 Å². The first-order chi connectivity index (χ1) is 16.2. The molecule has 1 aromatic rings. The lowest BCUT2D eigenvalue weighted by Gasteiger charge is -2.41. The number of aliphatic hydroxyl groups excluding tert-OH is 2. The second kappa shape index (κ2) is 11.1. The molecule has 1 heterocycles. The van der Waals surface area contributed by atoms with Gasteiger partial charge in [0, 0.05) is 24.1 Å². The number of unbranched alkanes of at least 4 members (excludes halogenated alkanes) is 2. The number of hydrogen-bond acceptors (Lipinski definition) is 5. The molecule has 0 radical (unpaired) electrons. The summed E-state index contributed by atoms with van der Waals surface area (Å²) < 4.78 is 46.2. The molecule has 0 aromatic heterocycles. The minimum absolute atomic E-state index is 0.0578. The van der Waals surface area contributed by atoms with Gasteiger partial charge in [-0.2, -0.15) is 13.2 Å². The Morgan fingerprint density at radius 1 is 1.24 bits per heavy atom. The normalized spacial score (nSPS) is 23.3. The lowest BCUT2D eigenvalue weighted by molar-refractivity contribution is -0.170. The molecule has 4 atom stereocenters. The minimum atomic E-state index is -4.71. The fourth-order valence-corrected chi connectivity index (χ4v) is 4.45. The number of para-hydroxylation sites is 1. The highest BCUT2D eigenvalue weighted by Crippen LogP contribution is 2.47. The molecular weight excluding hydrogens is 453 g/mol. The van der Waals surface area contributed by atoms with Crippen LogP contribution in [0.1, 0.15) is 37.2 Å². The van der Waals surface area contributed by atoms with Crippen molar-refractivity contribution >= 4 is 11.8 Å². The number of carbonyl (C=O) groups excluding carboxylic acids is 2. The number of nitrogens with one attached hydrogen (secondary N) is 1. The Labute approximate surface area is 195 Å². The van der Waals surface area contributed by atoms with Crippen LogP contribution in [0.4, 0.5) is 13.2 Å². The van der Waals surface area contributed by atoms with Gasteiger partial charge in [-0.15, -0.1) is 6.58 Å². The van der Waals surface area contributed by atoms with Gasteiger partial charge in [0.2, 0.25) is 11.8 Å². The van der Waals surface area contributed by atoms with Crippen LogP contribution in [0.25, 0.3) is 0 Å². The monoisotopic (exact) mass is 482 g/mol. The minimum Gasteiger partial charge on any atom is -0.486 e. The predicted molar refractivity (Wildman–Crippen MR) is 118 cm³/mol. The van der Waals surface area contributed by atoms with Gasteiger partial charge in [-0.3, -0.25) is 9.59 Å². The fraction of sp³-hybridized carbons (Fsp3) is 0.500. The SMILES string of the molecule is C=CCCCCC(=O)N(CC(F)(F)F)C1C=C(C(=O)NCCO)C2c3ccccc3OC2C1O. The summed E-state index contributed by atoms with van der Waals surface area (Å²) >= 11 is 0. The Morgan fingerprint density at radius 2 is 1.97 bits per heavy atom. The van der Waals surface area contributed by atoms with Crippen LogP contribution in [0.15, 0.2) is 48.6 Å². The number of halogens is 3. The largest absolute Gasteiger partial charge is 0.486 e. The van der Waals surface area contributed by atoms with E-state index in [2.05, 4.69) is 11.9 Å². The van der Waals surface area contributed by atoms with E-state index >= 15 is 0 Å². The Bertz CT molecular complexity index is 933. The van der Waals surface area contributed by atoms with Gasteiger partial charge in [0.1, 0.15) is 24.5 Å². The van der Waals surface area contributed by atoms with Gasteiger partial charge in [0.25, 0.3) is 0 Å². The molecule has 0 saturated heterocycles. The molecule has 10 heteroatoms. The van der Waals surface area contributed by atoms with Crippen LogP contribution in [-0.4, -0.2) is 71.0 Å². The van der Waals surface area contributed by atoms with Crippen molar-refractivity contribution in [3.05, 3.63) is 54.1 Å². The first-order valence-corrected chi connectivity index (χ1v) is 11.2. The first-order valence-electron chi connectivity index (χ1n) is 11.2. The highest BCUT2D eigenvalue weighted by Gasteiger charge is 2.51. The van der Waals surface area contributed by atoms with Crippen molar-refractivity contribution in [2.45, 2.75) is 56.0 Å². The molecule has 2 aliphatic rings. The molecule has 0 spiro atoms. The molecule has 34 heavy (non-hydrogen) atoms. The smallest absolute Gasteiger partial charge is 0.406 e. The zero-order valence-electron chi connectivity index (χ0n) is 18.6. The van der Waals surface area contributed by atoms with Crippen LogP contribution in [0.2, 0.25) is 0 Å². The summed E-state index contributed by atoms with van der Waals surface area (Å²) in [6.07, 6.45) is -2.90. The molecule has 186 valence electrons. The van der Waals surface area contributed by atoms with Crippen molar-refractivity contribution in [3.63, 3.8) is 0 Å². The van der Waals surface area contributed by atoms with Crippen LogP contribution >= 0.6 is 0 Å². The van der Waals surface area contributed by atoms with Crippen molar-refractivity contribution < 1.29 is 37.7 Å². The predicted octanol–water partition coefficient (Wildman–Crippen LogP) is 2.45. The number of ether oxygens (including phenoxy) is 1. The van der Waals surface area contributed by atoms with E-state index in [1.54, 1.807) is 30.3 Å². The van der Waals surface area contributed by atoms with E-state index in [1.165, 1.54) is 6.08 Å². The standard InChI is InChI=1S/C24H29F3N2O5/c1-2-3-4-5-10-19(31)29(14-24(25,26)27)17-13-16(23(33)28-11-12-30)20-15-8-6-7-9-18(15)34-22(20)21(17)32/h2,6-9,13,17,20-22,30,32H,1,3-5,10-12,14H2,(H,28,33). The number of amides is 2. The fourth-order valence-electron chi connectivity index (χ4n) is 4.45. The third-order valence-electron chi connectivity index (χ3n) is 5.96. The van der Waals surface area contributed by atoms with E-state index in [0.717, 1.165) is 0 Å². The molecule has 1 aromatic carbocycles. The van der Waals surface area contributed by atoms with Crippen molar-refractivity contribution in [2.24, 2.45) is 0 Å². The molecule has 1 aliphatic heterocycles. The molecule has 3 N–H and O–H groups in total. The summed E-state index contributed by atoms with van der Waals surface area (Å²) in [7, 11) is 0. The number of carbonyl (C=O) groups is 2. The van der Waals surface area contributed by atoms with Crippen LogP contribution in [0.5, 0.6) is 5.75 Å².